The first-order chi connectivity index (χ1) is 15.5. The zero-order valence-corrected chi connectivity index (χ0v) is 17.7. The van der Waals surface area contributed by atoms with E-state index in [0.29, 0.717) is 17.1 Å². The Balaban J connectivity index is 1.72. The molecule has 2 N–H and O–H groups in total. The van der Waals surface area contributed by atoms with Crippen molar-refractivity contribution >= 4 is 27.5 Å². The second kappa shape index (κ2) is 8.90. The van der Waals surface area contributed by atoms with E-state index in [0.717, 1.165) is 0 Å². The number of amides is 1. The van der Waals surface area contributed by atoms with E-state index in [1.807, 2.05) is 0 Å². The molecule has 0 radical (unpaired) electrons. The van der Waals surface area contributed by atoms with Gasteiger partial charge in [-0.1, -0.05) is 29.4 Å². The Morgan fingerprint density at radius 1 is 0.969 bits per heavy atom. The number of hydrogen-bond acceptors (Lipinski definition) is 7. The van der Waals surface area contributed by atoms with Crippen molar-refractivity contribution in [3.8, 4) is 17.1 Å². The van der Waals surface area contributed by atoms with Crippen LogP contribution in [0.1, 0.15) is 10.4 Å². The summed E-state index contributed by atoms with van der Waals surface area (Å²) in [6.07, 6.45) is 1.53. The molecule has 0 saturated heterocycles. The first kappa shape index (κ1) is 21.1. The molecule has 0 aliphatic rings. The van der Waals surface area contributed by atoms with Gasteiger partial charge in [0.15, 0.2) is 0 Å². The molecule has 0 aliphatic heterocycles. The van der Waals surface area contributed by atoms with Crippen LogP contribution in [0, 0.1) is 0 Å². The molecule has 10 heteroatoms. The van der Waals surface area contributed by atoms with Gasteiger partial charge in [0.2, 0.25) is 0 Å². The summed E-state index contributed by atoms with van der Waals surface area (Å²) in [6, 6.07) is 19.5. The number of anilines is 2. The standard InChI is InChI=1S/C22H18N4O5S/c1-30-16-12-10-15(11-13-16)24-21(27)19-20(18-9-5-6-14-23-18)25-31-22(19)26-32(28,29)17-7-3-2-4-8-17/h2-14,26H,1H3,(H,24,27). The highest BCUT2D eigenvalue weighted by atomic mass is 32.2. The molecule has 9 nitrogen and oxygen atoms in total. The summed E-state index contributed by atoms with van der Waals surface area (Å²) in [5.74, 6) is -0.318. The molecular weight excluding hydrogens is 432 g/mol. The molecule has 0 atom stereocenters. The van der Waals surface area contributed by atoms with Crippen LogP contribution in [0.2, 0.25) is 0 Å². The lowest BCUT2D eigenvalue weighted by molar-refractivity contribution is 0.102. The Morgan fingerprint density at radius 3 is 2.34 bits per heavy atom. The number of carbonyl (C=O) groups is 1. The molecule has 1 amide bonds. The molecule has 2 aromatic heterocycles. The molecule has 2 aromatic carbocycles. The lowest BCUT2D eigenvalue weighted by Gasteiger charge is -2.09. The van der Waals surface area contributed by atoms with Gasteiger partial charge in [0, 0.05) is 11.9 Å². The minimum Gasteiger partial charge on any atom is -0.497 e. The zero-order valence-electron chi connectivity index (χ0n) is 16.8. The zero-order chi connectivity index (χ0) is 22.6. The second-order valence-corrected chi connectivity index (χ2v) is 8.23. The summed E-state index contributed by atoms with van der Waals surface area (Å²) in [4.78, 5) is 17.4. The lowest BCUT2D eigenvalue weighted by atomic mass is 10.1. The van der Waals surface area contributed by atoms with E-state index in [1.54, 1.807) is 60.7 Å². The number of nitrogens with one attached hydrogen (secondary N) is 2. The maximum absolute atomic E-state index is 13.2. The van der Waals surface area contributed by atoms with E-state index in [4.69, 9.17) is 9.26 Å². The fourth-order valence-corrected chi connectivity index (χ4v) is 3.91. The number of pyridine rings is 1. The van der Waals surface area contributed by atoms with Crippen LogP contribution in [0.4, 0.5) is 11.6 Å². The van der Waals surface area contributed by atoms with Crippen molar-refractivity contribution in [2.75, 3.05) is 17.1 Å². The van der Waals surface area contributed by atoms with Crippen LogP contribution < -0.4 is 14.8 Å². The smallest absolute Gasteiger partial charge is 0.264 e. The molecule has 32 heavy (non-hydrogen) atoms. The molecule has 0 aliphatic carbocycles. The highest BCUT2D eigenvalue weighted by Gasteiger charge is 2.28. The molecule has 4 aromatic rings. The highest BCUT2D eigenvalue weighted by Crippen LogP contribution is 2.30. The van der Waals surface area contributed by atoms with Gasteiger partial charge < -0.3 is 14.6 Å². The van der Waals surface area contributed by atoms with Gasteiger partial charge in [-0.05, 0) is 48.5 Å². The van der Waals surface area contributed by atoms with E-state index >= 15 is 0 Å². The first-order valence-electron chi connectivity index (χ1n) is 9.42. The van der Waals surface area contributed by atoms with Gasteiger partial charge in [-0.2, -0.15) is 0 Å². The largest absolute Gasteiger partial charge is 0.497 e. The maximum Gasteiger partial charge on any atom is 0.264 e. The van der Waals surface area contributed by atoms with Crippen molar-refractivity contribution in [1.82, 2.24) is 10.1 Å². The topological polar surface area (TPSA) is 123 Å². The predicted octanol–water partition coefficient (Wildman–Crippen LogP) is 3.80. The fourth-order valence-electron chi connectivity index (χ4n) is 2.90. The molecule has 4 rings (SSSR count). The van der Waals surface area contributed by atoms with Gasteiger partial charge in [0.1, 0.15) is 17.0 Å². The van der Waals surface area contributed by atoms with Crippen molar-refractivity contribution in [3.05, 3.63) is 84.6 Å². The van der Waals surface area contributed by atoms with Crippen molar-refractivity contribution in [1.29, 1.82) is 0 Å². The number of benzene rings is 2. The Labute approximate surface area is 184 Å². The van der Waals surface area contributed by atoms with Crippen LogP contribution in [0.5, 0.6) is 5.75 Å². The normalized spacial score (nSPS) is 11.0. The van der Waals surface area contributed by atoms with Crippen LogP contribution in [-0.2, 0) is 10.0 Å². The van der Waals surface area contributed by atoms with Crippen molar-refractivity contribution in [2.24, 2.45) is 0 Å². The quantitative estimate of drug-likeness (QED) is 0.439. The SMILES string of the molecule is COc1ccc(NC(=O)c2c(-c3ccccn3)noc2NS(=O)(=O)c2ccccc2)cc1. The number of ether oxygens (including phenoxy) is 1. The van der Waals surface area contributed by atoms with E-state index in [-0.39, 0.29) is 22.0 Å². The third-order valence-corrected chi connectivity index (χ3v) is 5.80. The van der Waals surface area contributed by atoms with E-state index < -0.39 is 15.9 Å². The molecule has 0 bridgehead atoms. The average Bonchev–Trinajstić information content (AvgIpc) is 3.23. The molecule has 0 saturated carbocycles. The minimum absolute atomic E-state index is 0.0114. The third kappa shape index (κ3) is 4.44. The monoisotopic (exact) mass is 450 g/mol. The Morgan fingerprint density at radius 2 is 1.69 bits per heavy atom. The van der Waals surface area contributed by atoms with Gasteiger partial charge in [0.25, 0.3) is 21.8 Å². The van der Waals surface area contributed by atoms with Gasteiger partial charge in [-0.15, -0.1) is 0 Å². The lowest BCUT2D eigenvalue weighted by Crippen LogP contribution is -2.18. The van der Waals surface area contributed by atoms with Gasteiger partial charge >= 0.3 is 0 Å². The first-order valence-corrected chi connectivity index (χ1v) is 10.9. The number of sulfonamides is 1. The summed E-state index contributed by atoms with van der Waals surface area (Å²) in [6.45, 7) is 0. The van der Waals surface area contributed by atoms with Crippen LogP contribution in [0.3, 0.4) is 0 Å². The van der Waals surface area contributed by atoms with Gasteiger partial charge in [-0.25, -0.2) is 13.1 Å². The number of rotatable bonds is 7. The second-order valence-electron chi connectivity index (χ2n) is 6.55. The van der Waals surface area contributed by atoms with Crippen LogP contribution in [-0.4, -0.2) is 31.6 Å². The molecule has 0 fully saturated rings. The third-order valence-electron chi connectivity index (χ3n) is 4.46. The molecular formula is C22H18N4O5S. The van der Waals surface area contributed by atoms with Crippen molar-refractivity contribution < 1.29 is 22.5 Å². The van der Waals surface area contributed by atoms with Gasteiger partial charge in [-0.3, -0.25) is 9.78 Å². The number of nitrogens with zero attached hydrogens (tertiary/aromatic N) is 2. The summed E-state index contributed by atoms with van der Waals surface area (Å²) in [5.41, 5.74) is 0.823. The predicted molar refractivity (Wildman–Crippen MR) is 118 cm³/mol. The van der Waals surface area contributed by atoms with Crippen LogP contribution in [0.15, 0.2) is 88.4 Å². The number of hydrogen-bond donors (Lipinski definition) is 2. The Bertz CT molecular complexity index is 1320. The number of methoxy groups -OCH3 is 1. The summed E-state index contributed by atoms with van der Waals surface area (Å²) < 4.78 is 38.3. The van der Waals surface area contributed by atoms with E-state index in [2.05, 4.69) is 20.2 Å². The summed E-state index contributed by atoms with van der Waals surface area (Å²) in [7, 11) is -2.48. The number of carbonyl (C=O) groups excluding carboxylic acids is 1. The van der Waals surface area contributed by atoms with E-state index in [9.17, 15) is 13.2 Å². The fraction of sp³-hybridized carbons (Fsp3) is 0.0455. The molecule has 2 heterocycles. The summed E-state index contributed by atoms with van der Waals surface area (Å²) >= 11 is 0. The Hall–Kier alpha value is -4.18. The minimum atomic E-state index is -4.02. The molecule has 0 unspecified atom stereocenters. The summed E-state index contributed by atoms with van der Waals surface area (Å²) in [5, 5.41) is 6.62. The highest BCUT2D eigenvalue weighted by molar-refractivity contribution is 7.92. The van der Waals surface area contributed by atoms with Crippen molar-refractivity contribution in [3.63, 3.8) is 0 Å². The van der Waals surface area contributed by atoms with Crippen molar-refractivity contribution in [2.45, 2.75) is 4.90 Å². The molecule has 0 spiro atoms. The van der Waals surface area contributed by atoms with Gasteiger partial charge in [0.05, 0.1) is 17.7 Å². The van der Waals surface area contributed by atoms with Crippen LogP contribution >= 0.6 is 0 Å². The van der Waals surface area contributed by atoms with Crippen LogP contribution in [0.25, 0.3) is 11.4 Å². The maximum atomic E-state index is 13.2. The average molecular weight is 450 g/mol. The van der Waals surface area contributed by atoms with E-state index in [1.165, 1.54) is 25.4 Å². The Kier molecular flexibility index (Phi) is 5.86. The molecule has 162 valence electrons. The number of aromatic nitrogens is 2.